The molecule has 0 unspecified atom stereocenters. The molecule has 3 aromatic heterocycles. The van der Waals surface area contributed by atoms with Crippen molar-refractivity contribution in [2.75, 3.05) is 39.5 Å². The summed E-state index contributed by atoms with van der Waals surface area (Å²) >= 11 is 0. The van der Waals surface area contributed by atoms with Crippen LogP contribution in [0, 0.1) is 0 Å². The third kappa shape index (κ3) is 10.3. The molecule has 1 aromatic carbocycles. The number of benzene rings is 1. The number of morpholine rings is 1. The quantitative estimate of drug-likeness (QED) is 0.249. The van der Waals surface area contributed by atoms with Gasteiger partial charge in [-0.25, -0.2) is 14.6 Å². The zero-order chi connectivity index (χ0) is 28.5. The van der Waals surface area contributed by atoms with E-state index in [2.05, 4.69) is 25.1 Å². The molecule has 0 bridgehead atoms. The molecule has 0 atom stereocenters. The summed E-state index contributed by atoms with van der Waals surface area (Å²) < 4.78 is 23.1. The highest BCUT2D eigenvalue weighted by Gasteiger charge is 2.11. The Labute approximate surface area is 235 Å². The zero-order valence-corrected chi connectivity index (χ0v) is 23.1. The largest absolute Gasteiger partial charge is 0.756 e. The van der Waals surface area contributed by atoms with Gasteiger partial charge in [-0.3, -0.25) is 18.9 Å². The van der Waals surface area contributed by atoms with Crippen molar-refractivity contribution in [3.05, 3.63) is 77.1 Å². The Hall–Kier alpha value is -3.82. The summed E-state index contributed by atoms with van der Waals surface area (Å²) in [5.41, 5.74) is 3.17. The number of hydrogen-bond donors (Lipinski definition) is 2. The SMILES string of the molecule is Cn1cc(-c2ccc(=O)n(Cc3cccc(-c4ncc(OCCN5CCOCC5)cn4)c3)n2)cn1.O.O=P([O-])(O)O. The molecule has 1 aliphatic heterocycles. The first kappa shape index (κ1) is 31.7. The van der Waals surface area contributed by atoms with Crippen LogP contribution in [0.2, 0.25) is 0 Å². The minimum absolute atomic E-state index is 0. The number of rotatable bonds is 8. The predicted molar refractivity (Wildman–Crippen MR) is 146 cm³/mol. The van der Waals surface area contributed by atoms with Gasteiger partial charge in [0.05, 0.1) is 44.0 Å². The van der Waals surface area contributed by atoms with Crippen molar-refractivity contribution < 1.29 is 34.2 Å². The van der Waals surface area contributed by atoms with Crippen LogP contribution in [0.3, 0.4) is 0 Å². The fourth-order valence-corrected chi connectivity index (χ4v) is 3.91. The van der Waals surface area contributed by atoms with Crippen LogP contribution in [0.4, 0.5) is 0 Å². The van der Waals surface area contributed by atoms with Gasteiger partial charge in [0.15, 0.2) is 11.6 Å². The monoisotopic (exact) mass is 588 g/mol. The molecular weight excluding hydrogens is 557 g/mol. The summed E-state index contributed by atoms with van der Waals surface area (Å²) in [5.74, 6) is 1.23. The number of ether oxygens (including phenoxy) is 2. The van der Waals surface area contributed by atoms with Crippen molar-refractivity contribution in [2.24, 2.45) is 7.05 Å². The van der Waals surface area contributed by atoms with E-state index in [9.17, 15) is 4.79 Å². The lowest BCUT2D eigenvalue weighted by molar-refractivity contribution is -0.214. The van der Waals surface area contributed by atoms with Gasteiger partial charge >= 0.3 is 0 Å². The van der Waals surface area contributed by atoms with E-state index in [1.165, 1.54) is 10.7 Å². The van der Waals surface area contributed by atoms with Crippen molar-refractivity contribution in [2.45, 2.75) is 6.54 Å². The standard InChI is InChI=1S/C25H27N7O3.H3O4P.H2O/c1-30-18-21(14-28-30)23-5-6-24(33)32(29-23)17-19-3-2-4-20(13-19)25-26-15-22(16-27-25)35-12-9-31-7-10-34-11-8-31;1-5(2,3)4;/h2-6,13-16,18H,7-12,17H2,1H3;(H3,1,2,3,4);1H2/p-1. The Morgan fingerprint density at radius 3 is 2.44 bits per heavy atom. The van der Waals surface area contributed by atoms with Gasteiger partial charge in [-0.05, 0) is 17.7 Å². The van der Waals surface area contributed by atoms with Gasteiger partial charge in [-0.2, -0.15) is 10.2 Å². The number of nitrogens with zero attached hydrogens (tertiary/aromatic N) is 7. The van der Waals surface area contributed by atoms with E-state index in [-0.39, 0.29) is 11.0 Å². The summed E-state index contributed by atoms with van der Waals surface area (Å²) in [6, 6.07) is 11.0. The second-order valence-corrected chi connectivity index (χ2v) is 9.83. The Bertz CT molecular complexity index is 1490. The van der Waals surface area contributed by atoms with Gasteiger partial charge in [-0.1, -0.05) is 18.2 Å². The van der Waals surface area contributed by atoms with Crippen molar-refractivity contribution >= 4 is 7.82 Å². The van der Waals surface area contributed by atoms with Crippen molar-refractivity contribution in [3.63, 3.8) is 0 Å². The predicted octanol–water partition coefficient (Wildman–Crippen LogP) is -0.525. The van der Waals surface area contributed by atoms with Crippen molar-refractivity contribution in [3.8, 4) is 28.4 Å². The first-order chi connectivity index (χ1) is 19.1. The van der Waals surface area contributed by atoms with Crippen LogP contribution >= 0.6 is 7.82 Å². The molecule has 1 fully saturated rings. The molecule has 41 heavy (non-hydrogen) atoms. The van der Waals surface area contributed by atoms with Gasteiger partial charge in [0.1, 0.15) is 6.61 Å². The highest BCUT2D eigenvalue weighted by Crippen LogP contribution is 2.20. The molecule has 4 heterocycles. The highest BCUT2D eigenvalue weighted by atomic mass is 31.2. The highest BCUT2D eigenvalue weighted by molar-refractivity contribution is 7.43. The second-order valence-electron chi connectivity index (χ2n) is 8.85. The minimum atomic E-state index is -4.89. The van der Waals surface area contributed by atoms with E-state index < -0.39 is 7.82 Å². The number of phosphoric acid groups is 1. The maximum absolute atomic E-state index is 12.4. The van der Waals surface area contributed by atoms with Crippen LogP contribution in [0.15, 0.2) is 66.0 Å². The Morgan fingerprint density at radius 1 is 1.07 bits per heavy atom. The third-order valence-electron chi connectivity index (χ3n) is 5.79. The Morgan fingerprint density at radius 2 is 1.78 bits per heavy atom. The molecule has 1 saturated heterocycles. The van der Waals surface area contributed by atoms with E-state index in [1.807, 2.05) is 37.5 Å². The zero-order valence-electron chi connectivity index (χ0n) is 22.2. The number of hydrogen-bond acceptors (Lipinski definition) is 10. The summed E-state index contributed by atoms with van der Waals surface area (Å²) in [4.78, 5) is 46.6. The van der Waals surface area contributed by atoms with Crippen molar-refractivity contribution in [1.82, 2.24) is 34.4 Å². The molecule has 0 spiro atoms. The number of aromatic nitrogens is 6. The van der Waals surface area contributed by atoms with E-state index in [0.717, 1.165) is 49.5 Å². The van der Waals surface area contributed by atoms with Crippen LogP contribution in [0.5, 0.6) is 5.75 Å². The molecule has 1 aliphatic rings. The molecule has 4 N–H and O–H groups in total. The van der Waals surface area contributed by atoms with Crippen LogP contribution in [-0.4, -0.2) is 89.1 Å². The third-order valence-corrected chi connectivity index (χ3v) is 5.79. The topological polar surface area (TPSA) is 212 Å². The van der Waals surface area contributed by atoms with E-state index in [0.29, 0.717) is 30.4 Å². The first-order valence-corrected chi connectivity index (χ1v) is 13.8. The fraction of sp³-hybridized carbons (Fsp3) is 0.320. The molecule has 0 amide bonds. The molecule has 4 aromatic rings. The lowest BCUT2D eigenvalue weighted by Gasteiger charge is -2.26. The fourth-order valence-electron chi connectivity index (χ4n) is 3.91. The molecule has 0 aliphatic carbocycles. The van der Waals surface area contributed by atoms with Gasteiger partial charge < -0.3 is 29.6 Å². The summed E-state index contributed by atoms with van der Waals surface area (Å²) in [7, 11) is -3.04. The van der Waals surface area contributed by atoms with Crippen molar-refractivity contribution in [1.29, 1.82) is 0 Å². The normalized spacial score (nSPS) is 13.6. The average molecular weight is 589 g/mol. The average Bonchev–Trinajstić information content (AvgIpc) is 3.36. The van der Waals surface area contributed by atoms with E-state index in [4.69, 9.17) is 28.7 Å². The molecule has 16 heteroatoms. The van der Waals surface area contributed by atoms with Gasteiger partial charge in [0.25, 0.3) is 13.4 Å². The molecule has 220 valence electrons. The second kappa shape index (κ2) is 14.7. The minimum Gasteiger partial charge on any atom is -0.756 e. The first-order valence-electron chi connectivity index (χ1n) is 12.3. The van der Waals surface area contributed by atoms with E-state index in [1.54, 1.807) is 29.3 Å². The lowest BCUT2D eigenvalue weighted by Crippen LogP contribution is -2.38. The molecule has 0 radical (unpaired) electrons. The van der Waals surface area contributed by atoms with Gasteiger partial charge in [0, 0.05) is 50.1 Å². The molecule has 0 saturated carbocycles. The smallest absolute Gasteiger partial charge is 0.267 e. The maximum atomic E-state index is 12.4. The molecule has 15 nitrogen and oxygen atoms in total. The summed E-state index contributed by atoms with van der Waals surface area (Å²) in [5, 5.41) is 8.70. The van der Waals surface area contributed by atoms with Gasteiger partial charge in [-0.15, -0.1) is 0 Å². The summed E-state index contributed by atoms with van der Waals surface area (Å²) in [6.45, 7) is 5.19. The van der Waals surface area contributed by atoms with Crippen LogP contribution in [0.25, 0.3) is 22.6 Å². The number of aryl methyl sites for hydroxylation is 1. The van der Waals surface area contributed by atoms with Crippen LogP contribution in [-0.2, 0) is 22.9 Å². The maximum Gasteiger partial charge on any atom is 0.267 e. The summed E-state index contributed by atoms with van der Waals surface area (Å²) in [6.07, 6.45) is 6.98. The Kier molecular flexibility index (Phi) is 11.4. The van der Waals surface area contributed by atoms with E-state index >= 15 is 0 Å². The molecular formula is C25H31N7O8P-. The van der Waals surface area contributed by atoms with Crippen LogP contribution < -0.4 is 15.2 Å². The molecule has 5 rings (SSSR count). The van der Waals surface area contributed by atoms with Crippen LogP contribution in [0.1, 0.15) is 5.56 Å². The Balaban J connectivity index is 0.000000711. The van der Waals surface area contributed by atoms with Gasteiger partial charge in [0.2, 0.25) is 0 Å². The lowest BCUT2D eigenvalue weighted by atomic mass is 10.1.